The van der Waals surface area contributed by atoms with Crippen molar-refractivity contribution in [2.24, 2.45) is 0 Å². The summed E-state index contributed by atoms with van der Waals surface area (Å²) in [6.45, 7) is 2.46. The minimum Gasteiger partial charge on any atom is -0.382 e. The monoisotopic (exact) mass is 292 g/mol. The summed E-state index contributed by atoms with van der Waals surface area (Å²) in [5.41, 5.74) is 6.43. The highest BCUT2D eigenvalue weighted by Crippen LogP contribution is 2.23. The quantitative estimate of drug-likeness (QED) is 0.946. The normalized spacial score (nSPS) is 17.2. The second-order valence-electron chi connectivity index (χ2n) is 5.48. The smallest absolute Gasteiger partial charge is 0.159 e. The molecule has 0 bridgehead atoms. The first-order valence-electron chi connectivity index (χ1n) is 7.09. The number of anilines is 1. The van der Waals surface area contributed by atoms with Crippen LogP contribution in [-0.4, -0.2) is 27.8 Å². The fourth-order valence-corrected chi connectivity index (χ4v) is 2.79. The molecule has 3 rings (SSSR count). The molecule has 0 aliphatic carbocycles. The maximum atomic E-state index is 13.2. The van der Waals surface area contributed by atoms with Gasteiger partial charge in [-0.25, -0.2) is 8.78 Å². The Labute approximate surface area is 122 Å². The molecule has 21 heavy (non-hydrogen) atoms. The van der Waals surface area contributed by atoms with Crippen LogP contribution < -0.4 is 5.73 Å². The number of nitrogens with two attached hydrogens (primary N) is 1. The average molecular weight is 292 g/mol. The lowest BCUT2D eigenvalue weighted by atomic mass is 10.0. The molecule has 0 radical (unpaired) electrons. The fraction of sp³-hybridized carbons (Fsp3) is 0.400. The van der Waals surface area contributed by atoms with E-state index in [1.54, 1.807) is 12.1 Å². The molecule has 0 unspecified atom stereocenters. The number of rotatable bonds is 3. The molecule has 0 saturated carbocycles. The summed E-state index contributed by atoms with van der Waals surface area (Å²) < 4.78 is 28.0. The van der Waals surface area contributed by atoms with E-state index in [0.717, 1.165) is 31.5 Å². The zero-order valence-corrected chi connectivity index (χ0v) is 11.7. The van der Waals surface area contributed by atoms with E-state index < -0.39 is 11.6 Å². The first-order chi connectivity index (χ1) is 10.1. The lowest BCUT2D eigenvalue weighted by Crippen LogP contribution is -2.34. The van der Waals surface area contributed by atoms with E-state index in [9.17, 15) is 8.78 Å². The molecule has 1 fully saturated rings. The van der Waals surface area contributed by atoms with Crippen LogP contribution in [0.1, 0.15) is 24.4 Å². The summed E-state index contributed by atoms with van der Waals surface area (Å²) in [6, 6.07) is 6.26. The van der Waals surface area contributed by atoms with Gasteiger partial charge < -0.3 is 5.73 Å². The molecule has 2 N–H and O–H groups in total. The topological polar surface area (TPSA) is 47.1 Å². The van der Waals surface area contributed by atoms with Gasteiger partial charge in [-0.3, -0.25) is 9.58 Å². The van der Waals surface area contributed by atoms with Crippen molar-refractivity contribution in [3.8, 4) is 0 Å². The highest BCUT2D eigenvalue weighted by atomic mass is 19.2. The highest BCUT2D eigenvalue weighted by molar-refractivity contribution is 5.24. The van der Waals surface area contributed by atoms with Crippen LogP contribution in [-0.2, 0) is 6.54 Å². The number of nitrogens with zero attached hydrogens (tertiary/aromatic N) is 3. The zero-order valence-electron chi connectivity index (χ0n) is 11.7. The van der Waals surface area contributed by atoms with Crippen molar-refractivity contribution in [3.63, 3.8) is 0 Å². The van der Waals surface area contributed by atoms with Gasteiger partial charge >= 0.3 is 0 Å². The molecule has 1 aromatic heterocycles. The maximum Gasteiger partial charge on any atom is 0.159 e. The predicted molar refractivity (Wildman–Crippen MR) is 76.5 cm³/mol. The summed E-state index contributed by atoms with van der Waals surface area (Å²) in [5, 5.41) is 4.25. The van der Waals surface area contributed by atoms with Gasteiger partial charge in [0, 0.05) is 25.8 Å². The third-order valence-electron chi connectivity index (χ3n) is 3.95. The van der Waals surface area contributed by atoms with Crippen LogP contribution >= 0.6 is 0 Å². The Morgan fingerprint density at radius 1 is 1.14 bits per heavy atom. The summed E-state index contributed by atoms with van der Waals surface area (Å²) in [7, 11) is 0. The Morgan fingerprint density at radius 2 is 1.90 bits per heavy atom. The third kappa shape index (κ3) is 3.21. The first kappa shape index (κ1) is 14.0. The fourth-order valence-electron chi connectivity index (χ4n) is 2.79. The third-order valence-corrected chi connectivity index (χ3v) is 3.95. The second kappa shape index (κ2) is 5.81. The minimum absolute atomic E-state index is 0.364. The van der Waals surface area contributed by atoms with Crippen LogP contribution in [0.5, 0.6) is 0 Å². The van der Waals surface area contributed by atoms with Crippen molar-refractivity contribution < 1.29 is 8.78 Å². The lowest BCUT2D eigenvalue weighted by Gasteiger charge is -2.32. The lowest BCUT2D eigenvalue weighted by molar-refractivity contribution is 0.173. The molecule has 0 atom stereocenters. The number of likely N-dealkylation sites (tertiary alicyclic amines) is 1. The van der Waals surface area contributed by atoms with Gasteiger partial charge in [0.05, 0.1) is 6.04 Å². The minimum atomic E-state index is -0.797. The second-order valence-corrected chi connectivity index (χ2v) is 5.48. The molecule has 1 saturated heterocycles. The van der Waals surface area contributed by atoms with E-state index in [1.807, 2.05) is 10.9 Å². The SMILES string of the molecule is Nc1ccn(C2CCN(Cc3ccc(F)c(F)c3)CC2)n1. The van der Waals surface area contributed by atoms with Crippen molar-refractivity contribution in [1.82, 2.24) is 14.7 Å². The van der Waals surface area contributed by atoms with E-state index in [2.05, 4.69) is 10.00 Å². The molecule has 2 heterocycles. The Hall–Kier alpha value is -1.95. The van der Waals surface area contributed by atoms with Crippen LogP contribution in [0.25, 0.3) is 0 Å². The Kier molecular flexibility index (Phi) is 3.88. The van der Waals surface area contributed by atoms with E-state index in [4.69, 9.17) is 5.73 Å². The molecule has 2 aromatic rings. The molecule has 4 nitrogen and oxygen atoms in total. The molecular formula is C15H18F2N4. The van der Waals surface area contributed by atoms with Crippen LogP contribution in [0, 0.1) is 11.6 Å². The van der Waals surface area contributed by atoms with Gasteiger partial charge in [-0.05, 0) is 36.6 Å². The zero-order chi connectivity index (χ0) is 14.8. The standard InChI is InChI=1S/C15H18F2N4/c16-13-2-1-11(9-14(13)17)10-20-6-3-12(4-7-20)21-8-5-15(18)19-21/h1-2,5,8-9,12H,3-4,6-7,10H2,(H2,18,19). The van der Waals surface area contributed by atoms with E-state index in [0.29, 0.717) is 18.4 Å². The summed E-state index contributed by atoms with van der Waals surface area (Å²) >= 11 is 0. The van der Waals surface area contributed by atoms with Gasteiger partial charge in [-0.1, -0.05) is 6.07 Å². The van der Waals surface area contributed by atoms with Gasteiger partial charge in [0.2, 0.25) is 0 Å². The van der Waals surface area contributed by atoms with Crippen LogP contribution in [0.4, 0.5) is 14.6 Å². The van der Waals surface area contributed by atoms with Crippen molar-refractivity contribution >= 4 is 5.82 Å². The molecular weight excluding hydrogens is 274 g/mol. The number of benzene rings is 1. The molecule has 1 aliphatic heterocycles. The first-order valence-corrected chi connectivity index (χ1v) is 7.09. The maximum absolute atomic E-state index is 13.2. The van der Waals surface area contributed by atoms with Crippen LogP contribution in [0.3, 0.4) is 0 Å². The Balaban J connectivity index is 1.57. The highest BCUT2D eigenvalue weighted by Gasteiger charge is 2.21. The number of piperidine rings is 1. The van der Waals surface area contributed by atoms with Crippen molar-refractivity contribution in [2.75, 3.05) is 18.8 Å². The van der Waals surface area contributed by atoms with Gasteiger partial charge in [0.25, 0.3) is 0 Å². The summed E-state index contributed by atoms with van der Waals surface area (Å²) in [4.78, 5) is 2.25. The van der Waals surface area contributed by atoms with E-state index in [1.165, 1.54) is 12.1 Å². The molecule has 1 aromatic carbocycles. The molecule has 1 aliphatic rings. The summed E-state index contributed by atoms with van der Waals surface area (Å²) in [6.07, 6.45) is 3.86. The predicted octanol–water partition coefficient (Wildman–Crippen LogP) is 2.58. The van der Waals surface area contributed by atoms with Crippen molar-refractivity contribution in [3.05, 3.63) is 47.7 Å². The van der Waals surface area contributed by atoms with Gasteiger partial charge in [0.15, 0.2) is 11.6 Å². The van der Waals surface area contributed by atoms with Gasteiger partial charge in [-0.15, -0.1) is 0 Å². The number of hydrogen-bond acceptors (Lipinski definition) is 3. The van der Waals surface area contributed by atoms with Gasteiger partial charge in [0.1, 0.15) is 5.82 Å². The van der Waals surface area contributed by atoms with E-state index in [-0.39, 0.29) is 0 Å². The number of hydrogen-bond donors (Lipinski definition) is 1. The number of aromatic nitrogens is 2. The molecule has 0 amide bonds. The van der Waals surface area contributed by atoms with E-state index >= 15 is 0 Å². The van der Waals surface area contributed by atoms with Crippen LogP contribution in [0.15, 0.2) is 30.5 Å². The number of halogens is 2. The van der Waals surface area contributed by atoms with Crippen LogP contribution in [0.2, 0.25) is 0 Å². The Bertz CT molecular complexity index is 618. The van der Waals surface area contributed by atoms with Crippen molar-refractivity contribution in [1.29, 1.82) is 0 Å². The number of nitrogen functional groups attached to an aromatic ring is 1. The largest absolute Gasteiger partial charge is 0.382 e. The average Bonchev–Trinajstić information content (AvgIpc) is 2.90. The molecule has 0 spiro atoms. The Morgan fingerprint density at radius 3 is 2.52 bits per heavy atom. The molecule has 6 heteroatoms. The van der Waals surface area contributed by atoms with Gasteiger partial charge in [-0.2, -0.15) is 5.10 Å². The van der Waals surface area contributed by atoms with Crippen molar-refractivity contribution in [2.45, 2.75) is 25.4 Å². The summed E-state index contributed by atoms with van der Waals surface area (Å²) in [5.74, 6) is -1.04. The molecule has 112 valence electrons.